The van der Waals surface area contributed by atoms with E-state index >= 15 is 0 Å². The third-order valence-corrected chi connectivity index (χ3v) is 1.32. The normalized spacial score (nSPS) is 13.7. The second kappa shape index (κ2) is 6.01. The molecule has 0 rings (SSSR count). The summed E-state index contributed by atoms with van der Waals surface area (Å²) in [6.07, 6.45) is 4.07. The number of unbranched alkanes of at least 4 members (excludes halogenated alkanes) is 2. The van der Waals surface area contributed by atoms with E-state index in [4.69, 9.17) is 5.73 Å². The van der Waals surface area contributed by atoms with Crippen molar-refractivity contribution in [3.63, 3.8) is 0 Å². The summed E-state index contributed by atoms with van der Waals surface area (Å²) in [7, 11) is 0. The standard InChI is InChI=1S/C6H16N2O/c1-2-3-4-5-6(7)8-9/h6H,2-5,7-8H2,1H3. The number of hydroxylamine groups is 1. The van der Waals surface area contributed by atoms with Gasteiger partial charge in [-0.1, -0.05) is 19.8 Å². The molecule has 1 atom stereocenters. The van der Waals surface area contributed by atoms with Gasteiger partial charge in [0.15, 0.2) is 0 Å². The van der Waals surface area contributed by atoms with Crippen LogP contribution in [0.3, 0.4) is 0 Å². The summed E-state index contributed by atoms with van der Waals surface area (Å²) >= 11 is 0. The Balaban J connectivity index is 2.88. The zero-order valence-corrected chi connectivity index (χ0v) is 5.97. The Morgan fingerprint density at radius 3 is 2.67 bits per heavy atom. The fraction of sp³-hybridized carbons (Fsp3) is 1.00. The SMILES string of the molecule is CCCCCC(N)[NH2+][O-]. The van der Waals surface area contributed by atoms with E-state index in [1.54, 1.807) is 0 Å². The Morgan fingerprint density at radius 2 is 2.22 bits per heavy atom. The predicted octanol–water partition coefficient (Wildman–Crippen LogP) is -0.0873. The highest BCUT2D eigenvalue weighted by molar-refractivity contribution is 4.44. The summed E-state index contributed by atoms with van der Waals surface area (Å²) in [6.45, 7) is 2.13. The molecule has 0 aromatic rings. The fourth-order valence-electron chi connectivity index (χ4n) is 0.698. The molecular weight excluding hydrogens is 116 g/mol. The molecule has 0 aromatic heterocycles. The van der Waals surface area contributed by atoms with Crippen molar-refractivity contribution >= 4 is 0 Å². The highest BCUT2D eigenvalue weighted by Crippen LogP contribution is 1.97. The van der Waals surface area contributed by atoms with E-state index in [0.717, 1.165) is 18.3 Å². The van der Waals surface area contributed by atoms with Gasteiger partial charge in [0.25, 0.3) is 0 Å². The number of rotatable bonds is 5. The lowest BCUT2D eigenvalue weighted by molar-refractivity contribution is -0.627. The van der Waals surface area contributed by atoms with Crippen molar-refractivity contribution in [3.05, 3.63) is 5.21 Å². The highest BCUT2D eigenvalue weighted by atomic mass is 16.5. The van der Waals surface area contributed by atoms with Crippen LogP contribution in [0.25, 0.3) is 0 Å². The lowest BCUT2D eigenvalue weighted by Gasteiger charge is -2.10. The minimum absolute atomic E-state index is 0.225. The molecule has 0 bridgehead atoms. The van der Waals surface area contributed by atoms with E-state index < -0.39 is 0 Å². The summed E-state index contributed by atoms with van der Waals surface area (Å²) in [6, 6.07) is 0. The first kappa shape index (κ1) is 8.88. The Morgan fingerprint density at radius 1 is 1.56 bits per heavy atom. The van der Waals surface area contributed by atoms with Crippen LogP contribution in [-0.4, -0.2) is 6.17 Å². The smallest absolute Gasteiger partial charge is 0.136 e. The Labute approximate surface area is 56.2 Å². The van der Waals surface area contributed by atoms with Crippen molar-refractivity contribution in [3.8, 4) is 0 Å². The molecule has 4 N–H and O–H groups in total. The molecular formula is C6H16N2O. The number of hydrogen-bond donors (Lipinski definition) is 2. The van der Waals surface area contributed by atoms with Crippen molar-refractivity contribution in [1.29, 1.82) is 0 Å². The van der Waals surface area contributed by atoms with Gasteiger partial charge in [0.1, 0.15) is 6.17 Å². The van der Waals surface area contributed by atoms with Crippen LogP contribution in [0.1, 0.15) is 32.6 Å². The Kier molecular flexibility index (Phi) is 5.93. The van der Waals surface area contributed by atoms with Crippen LogP contribution in [0.2, 0.25) is 0 Å². The molecule has 0 heterocycles. The molecule has 0 aliphatic heterocycles. The molecule has 9 heavy (non-hydrogen) atoms. The van der Waals surface area contributed by atoms with Gasteiger partial charge in [-0.05, 0) is 6.42 Å². The van der Waals surface area contributed by atoms with Crippen LogP contribution in [-0.2, 0) is 0 Å². The van der Waals surface area contributed by atoms with E-state index in [-0.39, 0.29) is 6.17 Å². The molecule has 0 radical (unpaired) electrons. The van der Waals surface area contributed by atoms with Crippen LogP contribution in [0.15, 0.2) is 0 Å². The lowest BCUT2D eigenvalue weighted by Crippen LogP contribution is -2.87. The monoisotopic (exact) mass is 132 g/mol. The zero-order valence-electron chi connectivity index (χ0n) is 5.97. The molecule has 56 valence electrons. The molecule has 0 aliphatic rings. The van der Waals surface area contributed by atoms with Gasteiger partial charge in [-0.15, -0.1) is 0 Å². The van der Waals surface area contributed by atoms with Crippen molar-refractivity contribution in [2.45, 2.75) is 38.8 Å². The number of quaternary nitrogens is 1. The quantitative estimate of drug-likeness (QED) is 0.312. The maximum absolute atomic E-state index is 9.97. The molecule has 0 fully saturated rings. The first-order valence-corrected chi connectivity index (χ1v) is 3.52. The minimum Gasteiger partial charge on any atom is -0.635 e. The Bertz CT molecular complexity index is 59.0. The van der Waals surface area contributed by atoms with Crippen molar-refractivity contribution in [2.75, 3.05) is 0 Å². The van der Waals surface area contributed by atoms with Crippen molar-refractivity contribution in [2.24, 2.45) is 5.73 Å². The number of nitrogens with two attached hydrogens (primary N) is 2. The maximum Gasteiger partial charge on any atom is 0.136 e. The van der Waals surface area contributed by atoms with Gasteiger partial charge in [-0.25, -0.2) is 0 Å². The van der Waals surface area contributed by atoms with Crippen LogP contribution in [0.4, 0.5) is 0 Å². The molecule has 0 spiro atoms. The van der Waals surface area contributed by atoms with Crippen LogP contribution in [0, 0.1) is 5.21 Å². The zero-order chi connectivity index (χ0) is 7.11. The summed E-state index contributed by atoms with van der Waals surface area (Å²) in [5.41, 5.74) is 6.16. The lowest BCUT2D eigenvalue weighted by atomic mass is 10.2. The Hall–Kier alpha value is -0.120. The van der Waals surface area contributed by atoms with Gasteiger partial charge in [0.2, 0.25) is 0 Å². The van der Waals surface area contributed by atoms with E-state index in [0.29, 0.717) is 0 Å². The summed E-state index contributed by atoms with van der Waals surface area (Å²) in [5, 5.41) is 9.97. The molecule has 3 heteroatoms. The van der Waals surface area contributed by atoms with Crippen LogP contribution < -0.4 is 11.2 Å². The second-order valence-corrected chi connectivity index (χ2v) is 2.30. The van der Waals surface area contributed by atoms with Gasteiger partial charge >= 0.3 is 0 Å². The van der Waals surface area contributed by atoms with Gasteiger partial charge in [-0.3, -0.25) is 5.73 Å². The summed E-state index contributed by atoms with van der Waals surface area (Å²) < 4.78 is 0. The molecule has 0 aliphatic carbocycles. The molecule has 1 unspecified atom stereocenters. The van der Waals surface area contributed by atoms with Gasteiger partial charge in [0, 0.05) is 6.42 Å². The number of hydrogen-bond acceptors (Lipinski definition) is 2. The predicted molar refractivity (Wildman–Crippen MR) is 37.4 cm³/mol. The van der Waals surface area contributed by atoms with Gasteiger partial charge < -0.3 is 10.7 Å². The van der Waals surface area contributed by atoms with Crippen molar-refractivity contribution < 1.29 is 5.48 Å². The highest BCUT2D eigenvalue weighted by Gasteiger charge is 1.96. The third-order valence-electron chi connectivity index (χ3n) is 1.32. The summed E-state index contributed by atoms with van der Waals surface area (Å²) in [5.74, 6) is 0. The minimum atomic E-state index is -0.225. The topological polar surface area (TPSA) is 65.7 Å². The average Bonchev–Trinajstić information content (AvgIpc) is 1.89. The average molecular weight is 132 g/mol. The van der Waals surface area contributed by atoms with Crippen molar-refractivity contribution in [1.82, 2.24) is 0 Å². The van der Waals surface area contributed by atoms with Gasteiger partial charge in [-0.2, -0.15) is 0 Å². The van der Waals surface area contributed by atoms with E-state index in [1.807, 2.05) is 0 Å². The fourth-order valence-corrected chi connectivity index (χ4v) is 0.698. The maximum atomic E-state index is 9.97. The molecule has 3 nitrogen and oxygen atoms in total. The van der Waals surface area contributed by atoms with E-state index in [2.05, 4.69) is 6.92 Å². The molecule has 0 saturated carbocycles. The first-order valence-electron chi connectivity index (χ1n) is 3.52. The molecule has 0 saturated heterocycles. The first-order chi connectivity index (χ1) is 4.31. The van der Waals surface area contributed by atoms with E-state index in [1.165, 1.54) is 12.8 Å². The molecule has 0 aromatic carbocycles. The van der Waals surface area contributed by atoms with Crippen LogP contribution in [0.5, 0.6) is 0 Å². The van der Waals surface area contributed by atoms with Crippen LogP contribution >= 0.6 is 0 Å². The van der Waals surface area contributed by atoms with E-state index in [9.17, 15) is 5.21 Å². The molecule has 0 amide bonds. The van der Waals surface area contributed by atoms with Gasteiger partial charge in [0.05, 0.1) is 0 Å². The third kappa shape index (κ3) is 5.76. The largest absolute Gasteiger partial charge is 0.635 e. The second-order valence-electron chi connectivity index (χ2n) is 2.30. The summed E-state index contributed by atoms with van der Waals surface area (Å²) in [4.78, 5) is 0.